The van der Waals surface area contributed by atoms with E-state index in [1.807, 2.05) is 36.1 Å². The summed E-state index contributed by atoms with van der Waals surface area (Å²) in [5.41, 5.74) is 2.76. The van der Waals surface area contributed by atoms with E-state index >= 15 is 0 Å². The van der Waals surface area contributed by atoms with Crippen LogP contribution in [0.3, 0.4) is 0 Å². The van der Waals surface area contributed by atoms with Gasteiger partial charge in [0.05, 0.1) is 30.1 Å². The first-order valence-electron chi connectivity index (χ1n) is 12.6. The molecule has 0 radical (unpaired) electrons. The van der Waals surface area contributed by atoms with Crippen LogP contribution in [0.25, 0.3) is 33.3 Å². The van der Waals surface area contributed by atoms with Gasteiger partial charge in [-0.3, -0.25) is 4.90 Å². The number of piperazine rings is 1. The molecule has 196 valence electrons. The van der Waals surface area contributed by atoms with Crippen molar-refractivity contribution in [2.45, 2.75) is 33.5 Å². The van der Waals surface area contributed by atoms with Gasteiger partial charge in [0, 0.05) is 37.8 Å². The molecule has 2 N–H and O–H groups in total. The maximum Gasteiger partial charge on any atom is 0.229 e. The van der Waals surface area contributed by atoms with Gasteiger partial charge in [-0.2, -0.15) is 5.10 Å². The number of anilines is 2. The molecule has 0 bridgehead atoms. The largest absolute Gasteiger partial charge is 0.326 e. The van der Waals surface area contributed by atoms with E-state index in [1.54, 1.807) is 18.3 Å². The number of imidazole rings is 1. The summed E-state index contributed by atoms with van der Waals surface area (Å²) in [4.78, 5) is 19.7. The second-order valence-electron chi connectivity index (χ2n) is 9.72. The lowest BCUT2D eigenvalue weighted by Gasteiger charge is -2.27. The summed E-state index contributed by atoms with van der Waals surface area (Å²) in [6.07, 6.45) is 2.79. The Morgan fingerprint density at radius 2 is 1.82 bits per heavy atom. The molecular formula is C26H28F2N10. The van der Waals surface area contributed by atoms with Gasteiger partial charge in [0.2, 0.25) is 5.95 Å². The SMILES string of the molecule is Cc1nc2c(F)cc(-c3nc(Nc4ccc5c(cnn5CN5CCNCC5)n4)ncc3F)cc2n1C(C)C. The predicted octanol–water partition coefficient (Wildman–Crippen LogP) is 4.01. The van der Waals surface area contributed by atoms with E-state index in [2.05, 4.69) is 40.6 Å². The van der Waals surface area contributed by atoms with Crippen molar-refractivity contribution in [3.8, 4) is 11.3 Å². The molecule has 1 aliphatic rings. The van der Waals surface area contributed by atoms with Gasteiger partial charge in [-0.1, -0.05) is 0 Å². The van der Waals surface area contributed by atoms with Crippen LogP contribution in [0.2, 0.25) is 0 Å². The van der Waals surface area contributed by atoms with Crippen LogP contribution in [0.4, 0.5) is 20.5 Å². The molecule has 4 aromatic heterocycles. The highest BCUT2D eigenvalue weighted by Crippen LogP contribution is 2.30. The maximum absolute atomic E-state index is 15.0. The van der Waals surface area contributed by atoms with Crippen molar-refractivity contribution in [2.75, 3.05) is 31.5 Å². The number of nitrogens with zero attached hydrogens (tertiary/aromatic N) is 8. The van der Waals surface area contributed by atoms with Gasteiger partial charge in [-0.15, -0.1) is 0 Å². The molecule has 1 saturated heterocycles. The van der Waals surface area contributed by atoms with Gasteiger partial charge in [0.25, 0.3) is 0 Å². The van der Waals surface area contributed by atoms with Gasteiger partial charge in [0.15, 0.2) is 11.6 Å². The number of hydrogen-bond donors (Lipinski definition) is 2. The van der Waals surface area contributed by atoms with Gasteiger partial charge in [0.1, 0.15) is 28.4 Å². The molecular weight excluding hydrogens is 490 g/mol. The summed E-state index contributed by atoms with van der Waals surface area (Å²) < 4.78 is 33.7. The van der Waals surface area contributed by atoms with E-state index in [4.69, 9.17) is 0 Å². The lowest BCUT2D eigenvalue weighted by atomic mass is 10.1. The van der Waals surface area contributed by atoms with E-state index in [9.17, 15) is 8.78 Å². The fourth-order valence-corrected chi connectivity index (χ4v) is 4.99. The highest BCUT2D eigenvalue weighted by Gasteiger charge is 2.19. The third kappa shape index (κ3) is 4.45. The molecule has 6 rings (SSSR count). The number of pyridine rings is 1. The van der Waals surface area contributed by atoms with Crippen molar-refractivity contribution in [3.63, 3.8) is 0 Å². The third-order valence-electron chi connectivity index (χ3n) is 6.74. The van der Waals surface area contributed by atoms with Crippen LogP contribution in [0.1, 0.15) is 25.7 Å². The highest BCUT2D eigenvalue weighted by molar-refractivity contribution is 5.83. The summed E-state index contributed by atoms with van der Waals surface area (Å²) in [6.45, 7) is 10.4. The zero-order valence-electron chi connectivity index (χ0n) is 21.4. The zero-order chi connectivity index (χ0) is 26.4. The molecule has 0 unspecified atom stereocenters. The second kappa shape index (κ2) is 9.69. The number of fused-ring (bicyclic) bond motifs is 2. The second-order valence-corrected chi connectivity index (χ2v) is 9.72. The molecule has 5 heterocycles. The minimum absolute atomic E-state index is 0.0117. The Morgan fingerprint density at radius 1 is 1.00 bits per heavy atom. The van der Waals surface area contributed by atoms with Crippen LogP contribution < -0.4 is 10.6 Å². The standard InChI is InChI=1S/C26H28F2N10/c1-15(2)38-16(3)32-25-18(27)10-17(11-22(25)38)24-19(28)12-30-26(35-24)34-23-5-4-21-20(33-23)13-31-37(21)14-36-8-6-29-7-9-36/h4-5,10-13,15,29H,6-9,14H2,1-3H3,(H,30,33,34,35). The fourth-order valence-electron chi connectivity index (χ4n) is 4.99. The van der Waals surface area contributed by atoms with E-state index in [-0.39, 0.29) is 23.2 Å². The van der Waals surface area contributed by atoms with E-state index in [0.717, 1.165) is 43.4 Å². The minimum atomic E-state index is -0.653. The molecule has 38 heavy (non-hydrogen) atoms. The van der Waals surface area contributed by atoms with Gasteiger partial charge in [-0.25, -0.2) is 33.4 Å². The Labute approximate surface area is 217 Å². The van der Waals surface area contributed by atoms with Crippen molar-refractivity contribution < 1.29 is 8.78 Å². The van der Waals surface area contributed by atoms with E-state index in [0.29, 0.717) is 29.4 Å². The Morgan fingerprint density at radius 3 is 2.61 bits per heavy atom. The number of rotatable bonds is 6. The average Bonchev–Trinajstić information content (AvgIpc) is 3.45. The Balaban J connectivity index is 1.29. The molecule has 0 spiro atoms. The van der Waals surface area contributed by atoms with Crippen LogP contribution >= 0.6 is 0 Å². The molecule has 5 aromatic rings. The maximum atomic E-state index is 15.0. The number of nitrogens with one attached hydrogen (secondary N) is 2. The molecule has 0 aliphatic carbocycles. The first-order valence-corrected chi connectivity index (χ1v) is 12.6. The molecule has 1 aliphatic heterocycles. The molecule has 1 fully saturated rings. The third-order valence-corrected chi connectivity index (χ3v) is 6.74. The molecule has 0 saturated carbocycles. The number of aromatic nitrogens is 7. The van der Waals surface area contributed by atoms with Crippen molar-refractivity contribution in [1.29, 1.82) is 0 Å². The van der Waals surface area contributed by atoms with E-state index in [1.165, 1.54) is 6.07 Å². The van der Waals surface area contributed by atoms with Crippen LogP contribution in [-0.4, -0.2) is 65.4 Å². The summed E-state index contributed by atoms with van der Waals surface area (Å²) >= 11 is 0. The monoisotopic (exact) mass is 518 g/mol. The van der Waals surface area contributed by atoms with Crippen molar-refractivity contribution in [2.24, 2.45) is 0 Å². The number of aryl methyl sites for hydroxylation is 1. The van der Waals surface area contributed by atoms with Crippen LogP contribution in [0, 0.1) is 18.6 Å². The smallest absolute Gasteiger partial charge is 0.229 e. The summed E-state index contributed by atoms with van der Waals surface area (Å²) in [7, 11) is 0. The van der Waals surface area contributed by atoms with Gasteiger partial charge >= 0.3 is 0 Å². The van der Waals surface area contributed by atoms with Crippen molar-refractivity contribution in [3.05, 3.63) is 54.1 Å². The molecule has 0 amide bonds. The number of hydrogen-bond acceptors (Lipinski definition) is 8. The van der Waals surface area contributed by atoms with Crippen LogP contribution in [0.5, 0.6) is 0 Å². The minimum Gasteiger partial charge on any atom is -0.326 e. The van der Waals surface area contributed by atoms with Crippen LogP contribution in [0.15, 0.2) is 36.7 Å². The topological polar surface area (TPSA) is 102 Å². The summed E-state index contributed by atoms with van der Waals surface area (Å²) in [6, 6.07) is 6.77. The first kappa shape index (κ1) is 24.3. The molecule has 12 heteroatoms. The fraction of sp³-hybridized carbons (Fsp3) is 0.346. The highest BCUT2D eigenvalue weighted by atomic mass is 19.1. The lowest BCUT2D eigenvalue weighted by molar-refractivity contribution is 0.187. The molecule has 1 aromatic carbocycles. The van der Waals surface area contributed by atoms with E-state index < -0.39 is 11.6 Å². The normalized spacial score (nSPS) is 14.7. The summed E-state index contributed by atoms with van der Waals surface area (Å²) in [5, 5.41) is 10.9. The van der Waals surface area contributed by atoms with Gasteiger partial charge < -0.3 is 15.2 Å². The van der Waals surface area contributed by atoms with Crippen molar-refractivity contribution >= 4 is 33.8 Å². The number of benzene rings is 1. The average molecular weight is 519 g/mol. The molecule has 0 atom stereocenters. The molecule has 10 nitrogen and oxygen atoms in total. The Bertz CT molecular complexity index is 1630. The lowest BCUT2D eigenvalue weighted by Crippen LogP contribution is -2.44. The number of halogens is 2. The first-order chi connectivity index (χ1) is 18.4. The zero-order valence-corrected chi connectivity index (χ0v) is 21.4. The van der Waals surface area contributed by atoms with Crippen LogP contribution in [-0.2, 0) is 6.67 Å². The quantitative estimate of drug-likeness (QED) is 0.348. The Kier molecular flexibility index (Phi) is 6.20. The predicted molar refractivity (Wildman–Crippen MR) is 141 cm³/mol. The summed E-state index contributed by atoms with van der Waals surface area (Å²) in [5.74, 6) is 0.147. The van der Waals surface area contributed by atoms with Gasteiger partial charge in [-0.05, 0) is 45.0 Å². The Hall–Kier alpha value is -4.03. The van der Waals surface area contributed by atoms with Crippen molar-refractivity contribution in [1.82, 2.24) is 44.5 Å².